The van der Waals surface area contributed by atoms with Crippen molar-refractivity contribution in [1.82, 2.24) is 0 Å². The third-order valence-electron chi connectivity index (χ3n) is 6.44. The van der Waals surface area contributed by atoms with Crippen molar-refractivity contribution < 1.29 is 36.9 Å². The van der Waals surface area contributed by atoms with E-state index in [9.17, 15) is 18.0 Å². The molecule has 3 aromatic rings. The lowest BCUT2D eigenvalue weighted by Gasteiger charge is -2.33. The molecule has 0 saturated heterocycles. The molecule has 0 fully saturated rings. The van der Waals surface area contributed by atoms with Gasteiger partial charge >= 0.3 is 12.1 Å². The van der Waals surface area contributed by atoms with Crippen LogP contribution in [-0.2, 0) is 26.3 Å². The molecule has 0 aliphatic heterocycles. The smallest absolute Gasteiger partial charge is 0.432 e. The molecule has 3 aromatic carbocycles. The first-order valence-corrected chi connectivity index (χ1v) is 12.6. The van der Waals surface area contributed by atoms with Gasteiger partial charge in [-0.2, -0.15) is 13.2 Å². The lowest BCUT2D eigenvalue weighted by atomic mass is 9.92. The fourth-order valence-corrected chi connectivity index (χ4v) is 4.22. The van der Waals surface area contributed by atoms with Crippen molar-refractivity contribution in [3.8, 4) is 11.5 Å². The van der Waals surface area contributed by atoms with Crippen LogP contribution in [0.4, 0.5) is 13.2 Å². The average molecular weight is 543 g/mol. The third kappa shape index (κ3) is 7.63. The van der Waals surface area contributed by atoms with E-state index in [2.05, 4.69) is 0 Å². The number of halogens is 3. The summed E-state index contributed by atoms with van der Waals surface area (Å²) in [4.78, 5) is 13.2. The van der Waals surface area contributed by atoms with Gasteiger partial charge in [-0.3, -0.25) is 0 Å². The van der Waals surface area contributed by atoms with Gasteiger partial charge < -0.3 is 18.9 Å². The fourth-order valence-electron chi connectivity index (χ4n) is 4.22. The Bertz CT molecular complexity index is 1190. The lowest BCUT2D eigenvalue weighted by molar-refractivity contribution is -0.278. The first-order chi connectivity index (χ1) is 18.7. The van der Waals surface area contributed by atoms with Crippen LogP contribution in [0.2, 0.25) is 0 Å². The Morgan fingerprint density at radius 2 is 1.41 bits per heavy atom. The van der Waals surface area contributed by atoms with Crippen molar-refractivity contribution in [3.63, 3.8) is 0 Å². The zero-order valence-corrected chi connectivity index (χ0v) is 22.2. The second kappa shape index (κ2) is 13.8. The molecule has 2 atom stereocenters. The minimum Gasteiger partial charge on any atom is -0.497 e. The third-order valence-corrected chi connectivity index (χ3v) is 6.44. The standard InChI is InChI=1S/C31H33F3O5/c1-36-26-18-13-23(14-19-26)9-7-8-12-28(22-17-24-15-20-27(37-2)21-16-24)39-29(35)30(38-3,31(32,33)34)25-10-5-4-6-11-25/h4-7,9-11,13-16,18-21,28H,8,12,17,22H2,1-3H3/b9-7+/t28-,30-/m1/s1. The number of ether oxygens (including phenoxy) is 4. The summed E-state index contributed by atoms with van der Waals surface area (Å²) in [5, 5.41) is 0. The van der Waals surface area contributed by atoms with E-state index >= 15 is 0 Å². The number of allylic oxidation sites excluding steroid dienone is 1. The van der Waals surface area contributed by atoms with Crippen molar-refractivity contribution >= 4 is 12.0 Å². The summed E-state index contributed by atoms with van der Waals surface area (Å²) in [7, 11) is 4.03. The van der Waals surface area contributed by atoms with E-state index in [0.29, 0.717) is 31.4 Å². The van der Waals surface area contributed by atoms with Crippen molar-refractivity contribution in [2.45, 2.75) is 43.6 Å². The molecular formula is C31H33F3O5. The van der Waals surface area contributed by atoms with E-state index in [1.165, 1.54) is 24.3 Å². The van der Waals surface area contributed by atoms with Gasteiger partial charge in [-0.25, -0.2) is 4.79 Å². The van der Waals surface area contributed by atoms with Crippen LogP contribution in [0.25, 0.3) is 6.08 Å². The minimum absolute atomic E-state index is 0.334. The molecule has 0 radical (unpaired) electrons. The molecule has 0 unspecified atom stereocenters. The van der Waals surface area contributed by atoms with Crippen LogP contribution < -0.4 is 9.47 Å². The second-order valence-electron chi connectivity index (χ2n) is 8.92. The summed E-state index contributed by atoms with van der Waals surface area (Å²) in [6.45, 7) is 0. The number of hydrogen-bond donors (Lipinski definition) is 0. The van der Waals surface area contributed by atoms with Gasteiger partial charge in [-0.15, -0.1) is 0 Å². The first kappa shape index (κ1) is 29.8. The van der Waals surface area contributed by atoms with Crippen molar-refractivity contribution in [2.75, 3.05) is 21.3 Å². The molecule has 3 rings (SSSR count). The van der Waals surface area contributed by atoms with E-state index in [1.807, 2.05) is 60.7 Å². The van der Waals surface area contributed by atoms with Gasteiger partial charge in [0.25, 0.3) is 5.60 Å². The van der Waals surface area contributed by atoms with Crippen molar-refractivity contribution in [1.29, 1.82) is 0 Å². The molecule has 0 bridgehead atoms. The Hall–Kier alpha value is -3.78. The maximum atomic E-state index is 14.4. The largest absolute Gasteiger partial charge is 0.497 e. The van der Waals surface area contributed by atoms with Crippen LogP contribution in [0.15, 0.2) is 84.9 Å². The maximum Gasteiger partial charge on any atom is 0.432 e. The molecule has 208 valence electrons. The number of hydrogen-bond acceptors (Lipinski definition) is 5. The number of carbonyl (C=O) groups excluding carboxylic acids is 1. The number of carbonyl (C=O) groups is 1. The summed E-state index contributed by atoms with van der Waals surface area (Å²) in [6, 6.07) is 21.7. The van der Waals surface area contributed by atoms with Gasteiger partial charge in [0.05, 0.1) is 14.2 Å². The Balaban J connectivity index is 1.78. The maximum absolute atomic E-state index is 14.4. The fraction of sp³-hybridized carbons (Fsp3) is 0.323. The molecular weight excluding hydrogens is 509 g/mol. The molecule has 8 heteroatoms. The Kier molecular flexibility index (Phi) is 10.6. The van der Waals surface area contributed by atoms with Gasteiger partial charge in [0, 0.05) is 12.7 Å². The molecule has 0 heterocycles. The predicted octanol–water partition coefficient (Wildman–Crippen LogP) is 7.15. The summed E-state index contributed by atoms with van der Waals surface area (Å²) in [5.74, 6) is -0.0479. The summed E-state index contributed by atoms with van der Waals surface area (Å²) in [5.41, 5.74) is -1.67. The Morgan fingerprint density at radius 3 is 1.95 bits per heavy atom. The number of methoxy groups -OCH3 is 3. The monoisotopic (exact) mass is 542 g/mol. The Morgan fingerprint density at radius 1 is 0.821 bits per heavy atom. The highest BCUT2D eigenvalue weighted by atomic mass is 19.4. The van der Waals surface area contributed by atoms with E-state index in [4.69, 9.17) is 18.9 Å². The molecule has 0 saturated carbocycles. The number of benzene rings is 3. The van der Waals surface area contributed by atoms with Gasteiger partial charge in [0.2, 0.25) is 0 Å². The second-order valence-corrected chi connectivity index (χ2v) is 8.92. The van der Waals surface area contributed by atoms with Crippen molar-refractivity contribution in [3.05, 3.63) is 102 Å². The van der Waals surface area contributed by atoms with Gasteiger partial charge in [-0.1, -0.05) is 66.7 Å². The van der Waals surface area contributed by atoms with Gasteiger partial charge in [-0.05, 0) is 61.1 Å². The van der Waals surface area contributed by atoms with E-state index < -0.39 is 23.9 Å². The topological polar surface area (TPSA) is 54.0 Å². The lowest BCUT2D eigenvalue weighted by Crippen LogP contribution is -2.52. The summed E-state index contributed by atoms with van der Waals surface area (Å²) >= 11 is 0. The zero-order valence-electron chi connectivity index (χ0n) is 22.2. The molecule has 0 aliphatic rings. The molecule has 0 aromatic heterocycles. The number of rotatable bonds is 13. The van der Waals surface area contributed by atoms with Gasteiger partial charge in [0.1, 0.15) is 17.6 Å². The van der Waals surface area contributed by atoms with Crippen LogP contribution in [0, 0.1) is 0 Å². The van der Waals surface area contributed by atoms with Crippen LogP contribution in [-0.4, -0.2) is 39.6 Å². The van der Waals surface area contributed by atoms with Crippen LogP contribution in [0.3, 0.4) is 0 Å². The average Bonchev–Trinajstić information content (AvgIpc) is 2.95. The predicted molar refractivity (Wildman–Crippen MR) is 144 cm³/mol. The quantitative estimate of drug-likeness (QED) is 0.215. The summed E-state index contributed by atoms with van der Waals surface area (Å²) < 4.78 is 64.0. The Labute approximate surface area is 227 Å². The van der Waals surface area contributed by atoms with E-state index in [0.717, 1.165) is 24.0 Å². The normalized spacial score (nSPS) is 14.0. The number of esters is 1. The zero-order chi connectivity index (χ0) is 28.3. The molecule has 0 amide bonds. The highest BCUT2D eigenvalue weighted by Crippen LogP contribution is 2.43. The molecule has 39 heavy (non-hydrogen) atoms. The van der Waals surface area contributed by atoms with E-state index in [-0.39, 0.29) is 5.56 Å². The molecule has 0 spiro atoms. The first-order valence-electron chi connectivity index (χ1n) is 12.6. The molecule has 0 aliphatic carbocycles. The van der Waals surface area contributed by atoms with Crippen LogP contribution in [0.1, 0.15) is 36.0 Å². The number of alkyl halides is 3. The molecule has 5 nitrogen and oxygen atoms in total. The van der Waals surface area contributed by atoms with E-state index in [1.54, 1.807) is 20.3 Å². The SMILES string of the molecule is COc1ccc(/C=C/CC[C@H](CCc2ccc(OC)cc2)OC(=O)[C@](OC)(c2ccccc2)C(F)(F)F)cc1. The van der Waals surface area contributed by atoms with Crippen LogP contribution in [0.5, 0.6) is 11.5 Å². The van der Waals surface area contributed by atoms with Crippen molar-refractivity contribution in [2.24, 2.45) is 0 Å². The van der Waals surface area contributed by atoms with Gasteiger partial charge in [0.15, 0.2) is 0 Å². The number of aryl methyl sites for hydroxylation is 1. The molecule has 0 N–H and O–H groups in total. The highest BCUT2D eigenvalue weighted by molar-refractivity contribution is 5.82. The minimum atomic E-state index is -5.03. The highest BCUT2D eigenvalue weighted by Gasteiger charge is 2.64. The van der Waals surface area contributed by atoms with Crippen LogP contribution >= 0.6 is 0 Å². The summed E-state index contributed by atoms with van der Waals surface area (Å²) in [6.07, 6.45) is -0.343.